The van der Waals surface area contributed by atoms with Gasteiger partial charge in [-0.15, -0.1) is 0 Å². The molecule has 3 aromatic carbocycles. The van der Waals surface area contributed by atoms with Gasteiger partial charge in [0.15, 0.2) is 0 Å². The minimum absolute atomic E-state index is 0.281. The summed E-state index contributed by atoms with van der Waals surface area (Å²) in [6.45, 7) is 2.46. The van der Waals surface area contributed by atoms with Crippen molar-refractivity contribution >= 4 is 0 Å². The van der Waals surface area contributed by atoms with Crippen LogP contribution in [0.25, 0.3) is 11.1 Å². The van der Waals surface area contributed by atoms with E-state index in [1.807, 2.05) is 12.3 Å². The summed E-state index contributed by atoms with van der Waals surface area (Å²) in [5.41, 5.74) is 6.13. The molecule has 0 fully saturated rings. The van der Waals surface area contributed by atoms with E-state index in [1.54, 1.807) is 6.20 Å². The van der Waals surface area contributed by atoms with E-state index in [4.69, 9.17) is 4.74 Å². The Labute approximate surface area is 183 Å². The fourth-order valence-corrected chi connectivity index (χ4v) is 4.30. The van der Waals surface area contributed by atoms with E-state index in [-0.39, 0.29) is 6.04 Å². The zero-order valence-corrected chi connectivity index (χ0v) is 17.4. The molecule has 4 heteroatoms. The summed E-state index contributed by atoms with van der Waals surface area (Å²) in [6.07, 6.45) is 4.51. The average Bonchev–Trinajstić information content (AvgIpc) is 2.85. The fourth-order valence-electron chi connectivity index (χ4n) is 4.30. The van der Waals surface area contributed by atoms with Crippen molar-refractivity contribution in [2.45, 2.75) is 25.6 Å². The van der Waals surface area contributed by atoms with Crippen molar-refractivity contribution in [2.75, 3.05) is 6.61 Å². The van der Waals surface area contributed by atoms with Crippen LogP contribution in [0.15, 0.2) is 97.3 Å². The van der Waals surface area contributed by atoms with Gasteiger partial charge in [-0.1, -0.05) is 72.8 Å². The van der Waals surface area contributed by atoms with E-state index in [0.29, 0.717) is 6.61 Å². The maximum Gasteiger partial charge on any atom is 0.123 e. The first-order valence-corrected chi connectivity index (χ1v) is 10.7. The van der Waals surface area contributed by atoms with Crippen LogP contribution in [0, 0.1) is 0 Å². The normalized spacial score (nSPS) is 15.3. The Morgan fingerprint density at radius 1 is 0.774 bits per heavy atom. The molecule has 5 rings (SSSR count). The number of aromatic nitrogens is 2. The lowest BCUT2D eigenvalue weighted by Crippen LogP contribution is -2.42. The van der Waals surface area contributed by atoms with E-state index in [1.165, 1.54) is 22.3 Å². The van der Waals surface area contributed by atoms with E-state index in [2.05, 4.69) is 94.0 Å². The number of hydrogen-bond donors (Lipinski definition) is 0. The van der Waals surface area contributed by atoms with Crippen LogP contribution < -0.4 is 4.74 Å². The maximum atomic E-state index is 6.28. The molecule has 0 N–H and O–H groups in total. The highest BCUT2D eigenvalue weighted by atomic mass is 16.5. The monoisotopic (exact) mass is 407 g/mol. The Morgan fingerprint density at radius 3 is 2.13 bits per heavy atom. The zero-order valence-electron chi connectivity index (χ0n) is 17.4. The second kappa shape index (κ2) is 9.11. The van der Waals surface area contributed by atoms with Gasteiger partial charge < -0.3 is 4.74 Å². The molecule has 4 aromatic rings. The lowest BCUT2D eigenvalue weighted by Gasteiger charge is -2.36. The Balaban J connectivity index is 1.46. The lowest BCUT2D eigenvalue weighted by molar-refractivity contribution is 0.106. The third-order valence-corrected chi connectivity index (χ3v) is 5.87. The van der Waals surface area contributed by atoms with Gasteiger partial charge in [-0.3, -0.25) is 4.90 Å². The number of nitrogens with zero attached hydrogens (tertiary/aromatic N) is 3. The molecule has 154 valence electrons. The predicted molar refractivity (Wildman–Crippen MR) is 123 cm³/mol. The molecule has 0 unspecified atom stereocenters. The summed E-state index contributed by atoms with van der Waals surface area (Å²) in [5, 5.41) is 8.00. The minimum atomic E-state index is 0.281. The van der Waals surface area contributed by atoms with Gasteiger partial charge >= 0.3 is 0 Å². The first kappa shape index (κ1) is 19.5. The number of rotatable bonds is 6. The standard InChI is InChI=1S/C27H25N3O/c1-3-8-21(9-4-1)18-30(19-22-10-5-2-6-11-22)24-16-26-25(23-14-15-28-29-17-23)12-7-13-27(26)31-20-24/h1-15,17,24H,16,18-20H2/t24-/m0/s1. The van der Waals surface area contributed by atoms with Crippen LogP contribution in [0.2, 0.25) is 0 Å². The molecule has 0 spiro atoms. The molecule has 0 saturated heterocycles. The molecule has 0 radical (unpaired) electrons. The van der Waals surface area contributed by atoms with Crippen LogP contribution in [0.5, 0.6) is 5.75 Å². The van der Waals surface area contributed by atoms with Crippen molar-refractivity contribution in [3.63, 3.8) is 0 Å². The summed E-state index contributed by atoms with van der Waals surface area (Å²) < 4.78 is 6.28. The second-order valence-electron chi connectivity index (χ2n) is 7.96. The average molecular weight is 408 g/mol. The number of fused-ring (bicyclic) bond motifs is 1. The molecule has 0 aliphatic carbocycles. The van der Waals surface area contributed by atoms with Crippen LogP contribution >= 0.6 is 0 Å². The van der Waals surface area contributed by atoms with Crippen molar-refractivity contribution in [2.24, 2.45) is 0 Å². The molecule has 4 nitrogen and oxygen atoms in total. The molecule has 0 bridgehead atoms. The van der Waals surface area contributed by atoms with Crippen LogP contribution in [0.4, 0.5) is 0 Å². The van der Waals surface area contributed by atoms with Crippen LogP contribution in [0.3, 0.4) is 0 Å². The predicted octanol–water partition coefficient (Wildman–Crippen LogP) is 5.15. The van der Waals surface area contributed by atoms with Crippen LogP contribution in [-0.4, -0.2) is 27.7 Å². The summed E-state index contributed by atoms with van der Waals surface area (Å²) in [5.74, 6) is 0.977. The van der Waals surface area contributed by atoms with Gasteiger partial charge in [-0.05, 0) is 35.2 Å². The molecule has 1 atom stereocenters. The second-order valence-corrected chi connectivity index (χ2v) is 7.96. The number of hydrogen-bond acceptors (Lipinski definition) is 4. The quantitative estimate of drug-likeness (QED) is 0.443. The molecule has 1 aliphatic rings. The third-order valence-electron chi connectivity index (χ3n) is 5.87. The number of ether oxygens (including phenoxy) is 1. The van der Waals surface area contributed by atoms with Crippen molar-refractivity contribution in [1.29, 1.82) is 0 Å². The molecule has 2 heterocycles. The van der Waals surface area contributed by atoms with E-state index in [9.17, 15) is 0 Å². The molecule has 1 aromatic heterocycles. The van der Waals surface area contributed by atoms with Gasteiger partial charge in [0.25, 0.3) is 0 Å². The molecule has 0 saturated carbocycles. The zero-order chi connectivity index (χ0) is 20.9. The van der Waals surface area contributed by atoms with Gasteiger partial charge in [-0.2, -0.15) is 10.2 Å². The minimum Gasteiger partial charge on any atom is -0.492 e. The maximum absolute atomic E-state index is 6.28. The highest BCUT2D eigenvalue weighted by molar-refractivity contribution is 5.69. The Morgan fingerprint density at radius 2 is 1.48 bits per heavy atom. The summed E-state index contributed by atoms with van der Waals surface area (Å²) in [7, 11) is 0. The van der Waals surface area contributed by atoms with Crippen LogP contribution in [-0.2, 0) is 19.5 Å². The Kier molecular flexibility index (Phi) is 5.72. The van der Waals surface area contributed by atoms with Crippen molar-refractivity contribution in [1.82, 2.24) is 15.1 Å². The molecule has 0 amide bonds. The van der Waals surface area contributed by atoms with Gasteiger partial charge in [-0.25, -0.2) is 0 Å². The van der Waals surface area contributed by atoms with Gasteiger partial charge in [0.1, 0.15) is 12.4 Å². The highest BCUT2D eigenvalue weighted by Gasteiger charge is 2.28. The SMILES string of the molecule is c1ccc(CN(Cc2ccccc2)[C@@H]2COc3cccc(-c4ccnnc4)c3C2)cc1. The largest absolute Gasteiger partial charge is 0.492 e. The van der Waals surface area contributed by atoms with Gasteiger partial charge in [0.2, 0.25) is 0 Å². The molecule has 1 aliphatic heterocycles. The molecular weight excluding hydrogens is 382 g/mol. The summed E-state index contributed by atoms with van der Waals surface area (Å²) in [4.78, 5) is 2.54. The Hall–Kier alpha value is -3.50. The Bertz CT molecular complexity index is 1080. The highest BCUT2D eigenvalue weighted by Crippen LogP contribution is 2.35. The summed E-state index contributed by atoms with van der Waals surface area (Å²) in [6, 6.07) is 29.9. The molecule has 31 heavy (non-hydrogen) atoms. The lowest BCUT2D eigenvalue weighted by atomic mass is 9.92. The topological polar surface area (TPSA) is 38.2 Å². The van der Waals surface area contributed by atoms with Crippen molar-refractivity contribution in [3.8, 4) is 16.9 Å². The van der Waals surface area contributed by atoms with E-state index < -0.39 is 0 Å². The van der Waals surface area contributed by atoms with Crippen molar-refractivity contribution in [3.05, 3.63) is 114 Å². The van der Waals surface area contributed by atoms with Gasteiger partial charge in [0.05, 0.1) is 12.4 Å². The first-order valence-electron chi connectivity index (χ1n) is 10.7. The van der Waals surface area contributed by atoms with Crippen molar-refractivity contribution < 1.29 is 4.74 Å². The van der Waals surface area contributed by atoms with E-state index in [0.717, 1.165) is 30.8 Å². The smallest absolute Gasteiger partial charge is 0.123 e. The number of benzene rings is 3. The van der Waals surface area contributed by atoms with Crippen LogP contribution in [0.1, 0.15) is 16.7 Å². The van der Waals surface area contributed by atoms with Gasteiger partial charge in [0, 0.05) is 30.3 Å². The third kappa shape index (κ3) is 4.49. The summed E-state index contributed by atoms with van der Waals surface area (Å²) >= 11 is 0. The first-order chi connectivity index (χ1) is 15.4. The fraction of sp³-hybridized carbons (Fsp3) is 0.185. The molecular formula is C27H25N3O. The van der Waals surface area contributed by atoms with E-state index >= 15 is 0 Å².